The van der Waals surface area contributed by atoms with Gasteiger partial charge >= 0.3 is 0 Å². The van der Waals surface area contributed by atoms with Crippen molar-refractivity contribution in [2.45, 2.75) is 31.8 Å². The Morgan fingerprint density at radius 2 is 2.28 bits per heavy atom. The van der Waals surface area contributed by atoms with E-state index in [1.165, 1.54) is 18.4 Å². The van der Waals surface area contributed by atoms with Gasteiger partial charge in [0.2, 0.25) is 0 Å². The van der Waals surface area contributed by atoms with Crippen molar-refractivity contribution in [2.75, 3.05) is 6.54 Å². The molecule has 0 radical (unpaired) electrons. The minimum atomic E-state index is 0.301. The third kappa shape index (κ3) is 3.99. The lowest BCUT2D eigenvalue weighted by atomic mass is 10.2. The van der Waals surface area contributed by atoms with Gasteiger partial charge in [0.05, 0.1) is 0 Å². The van der Waals surface area contributed by atoms with Crippen molar-refractivity contribution in [3.63, 3.8) is 0 Å². The summed E-state index contributed by atoms with van der Waals surface area (Å²) in [6, 6.07) is 9.01. The first-order chi connectivity index (χ1) is 8.69. The highest BCUT2D eigenvalue weighted by molar-refractivity contribution is 9.10. The fraction of sp³-hybridized carbons (Fsp3) is 0.462. The van der Waals surface area contributed by atoms with E-state index in [9.17, 15) is 0 Å². The summed E-state index contributed by atoms with van der Waals surface area (Å²) in [6.45, 7) is 1.76. The molecule has 0 aromatic heterocycles. The molecule has 1 aromatic carbocycles. The van der Waals surface area contributed by atoms with Crippen LogP contribution >= 0.6 is 15.9 Å². The second-order valence-electron chi connectivity index (χ2n) is 4.67. The van der Waals surface area contributed by atoms with Gasteiger partial charge < -0.3 is 10.9 Å². The van der Waals surface area contributed by atoms with Crippen molar-refractivity contribution in [1.82, 2.24) is 4.90 Å². The molecule has 1 aliphatic carbocycles. The van der Waals surface area contributed by atoms with E-state index in [1.54, 1.807) is 0 Å². The van der Waals surface area contributed by atoms with Crippen LogP contribution in [0.3, 0.4) is 0 Å². The summed E-state index contributed by atoms with van der Waals surface area (Å²) in [6.07, 6.45) is 3.12. The summed E-state index contributed by atoms with van der Waals surface area (Å²) in [5, 5.41) is 11.6. The molecular weight excluding hydrogens is 294 g/mol. The lowest BCUT2D eigenvalue weighted by molar-refractivity contribution is 0.259. The summed E-state index contributed by atoms with van der Waals surface area (Å²) in [4.78, 5) is 2.40. The Hall–Kier alpha value is -1.07. The highest BCUT2D eigenvalue weighted by Gasteiger charge is 2.28. The smallest absolute Gasteiger partial charge is 0.140 e. The van der Waals surface area contributed by atoms with Crippen LogP contribution in [0.25, 0.3) is 0 Å². The van der Waals surface area contributed by atoms with Crippen LogP contribution in [-0.2, 0) is 6.54 Å². The number of hydrogen-bond donors (Lipinski definition) is 2. The van der Waals surface area contributed by atoms with Gasteiger partial charge in [-0.25, -0.2) is 0 Å². The molecule has 4 nitrogen and oxygen atoms in total. The molecule has 0 saturated heterocycles. The van der Waals surface area contributed by atoms with Crippen LogP contribution in [0.5, 0.6) is 0 Å². The van der Waals surface area contributed by atoms with Crippen LogP contribution in [0, 0.1) is 0 Å². The fourth-order valence-electron chi connectivity index (χ4n) is 2.01. The molecule has 1 aromatic rings. The number of rotatable bonds is 6. The molecule has 0 atom stereocenters. The molecule has 1 aliphatic rings. The number of benzene rings is 1. The molecule has 0 aliphatic heterocycles. The Balaban J connectivity index is 1.94. The Bertz CT molecular complexity index is 432. The van der Waals surface area contributed by atoms with E-state index < -0.39 is 0 Å². The van der Waals surface area contributed by atoms with Crippen molar-refractivity contribution >= 4 is 21.8 Å². The maximum Gasteiger partial charge on any atom is 0.140 e. The second-order valence-corrected chi connectivity index (χ2v) is 5.59. The fourth-order valence-corrected chi connectivity index (χ4v) is 2.46. The number of nitrogens with zero attached hydrogens (tertiary/aromatic N) is 2. The van der Waals surface area contributed by atoms with Crippen molar-refractivity contribution in [3.05, 3.63) is 34.3 Å². The van der Waals surface area contributed by atoms with E-state index in [2.05, 4.69) is 38.1 Å². The molecule has 98 valence electrons. The van der Waals surface area contributed by atoms with E-state index in [1.807, 2.05) is 12.1 Å². The van der Waals surface area contributed by atoms with Crippen LogP contribution in [0.15, 0.2) is 33.9 Å². The zero-order valence-corrected chi connectivity index (χ0v) is 11.8. The number of hydrogen-bond acceptors (Lipinski definition) is 3. The predicted octanol–water partition coefficient (Wildman–Crippen LogP) is 2.55. The van der Waals surface area contributed by atoms with E-state index >= 15 is 0 Å². The highest BCUT2D eigenvalue weighted by atomic mass is 79.9. The summed E-state index contributed by atoms with van der Waals surface area (Å²) < 4.78 is 1.10. The molecule has 2 rings (SSSR count). The number of amidine groups is 1. The van der Waals surface area contributed by atoms with Crippen molar-refractivity contribution in [1.29, 1.82) is 0 Å². The van der Waals surface area contributed by atoms with Crippen LogP contribution in [0.2, 0.25) is 0 Å². The van der Waals surface area contributed by atoms with Crippen molar-refractivity contribution < 1.29 is 5.21 Å². The first-order valence-corrected chi connectivity index (χ1v) is 6.93. The molecule has 18 heavy (non-hydrogen) atoms. The van der Waals surface area contributed by atoms with E-state index in [0.717, 1.165) is 17.6 Å². The topological polar surface area (TPSA) is 61.8 Å². The lowest BCUT2D eigenvalue weighted by Gasteiger charge is -2.21. The van der Waals surface area contributed by atoms with Gasteiger partial charge in [-0.05, 0) is 30.5 Å². The van der Waals surface area contributed by atoms with Crippen LogP contribution in [-0.4, -0.2) is 28.5 Å². The van der Waals surface area contributed by atoms with Gasteiger partial charge in [0, 0.05) is 30.0 Å². The SMILES string of the molecule is NC(CCN(Cc1cccc(Br)c1)C1CC1)=NO. The van der Waals surface area contributed by atoms with Crippen molar-refractivity contribution in [3.8, 4) is 0 Å². The molecule has 1 fully saturated rings. The highest BCUT2D eigenvalue weighted by Crippen LogP contribution is 2.28. The molecule has 5 heteroatoms. The Morgan fingerprint density at radius 1 is 1.50 bits per heavy atom. The van der Waals surface area contributed by atoms with Crippen LogP contribution in [0.1, 0.15) is 24.8 Å². The predicted molar refractivity (Wildman–Crippen MR) is 75.6 cm³/mol. The zero-order valence-electron chi connectivity index (χ0n) is 10.2. The van der Waals surface area contributed by atoms with Gasteiger partial charge in [0.25, 0.3) is 0 Å². The third-order valence-electron chi connectivity index (χ3n) is 3.12. The molecule has 0 bridgehead atoms. The largest absolute Gasteiger partial charge is 0.409 e. The first-order valence-electron chi connectivity index (χ1n) is 6.14. The van der Waals surface area contributed by atoms with Gasteiger partial charge in [-0.15, -0.1) is 0 Å². The van der Waals surface area contributed by atoms with Gasteiger partial charge in [-0.2, -0.15) is 0 Å². The molecule has 0 unspecified atom stereocenters. The second kappa shape index (κ2) is 6.20. The normalized spacial score (nSPS) is 16.2. The number of oxime groups is 1. The molecule has 3 N–H and O–H groups in total. The van der Waals surface area contributed by atoms with E-state index in [0.29, 0.717) is 18.3 Å². The lowest BCUT2D eigenvalue weighted by Crippen LogP contribution is -2.29. The van der Waals surface area contributed by atoms with Crippen LogP contribution < -0.4 is 5.73 Å². The Kier molecular flexibility index (Phi) is 4.60. The van der Waals surface area contributed by atoms with Gasteiger partial charge in [-0.1, -0.05) is 33.2 Å². The average molecular weight is 312 g/mol. The monoisotopic (exact) mass is 311 g/mol. The zero-order chi connectivity index (χ0) is 13.0. The van der Waals surface area contributed by atoms with E-state index in [-0.39, 0.29) is 0 Å². The summed E-state index contributed by atoms with van der Waals surface area (Å²) in [5.41, 5.74) is 6.81. The molecule has 0 amide bonds. The van der Waals surface area contributed by atoms with Gasteiger partial charge in [0.15, 0.2) is 0 Å². The minimum absolute atomic E-state index is 0.301. The third-order valence-corrected chi connectivity index (χ3v) is 3.61. The maximum absolute atomic E-state index is 8.57. The summed E-state index contributed by atoms with van der Waals surface area (Å²) in [5.74, 6) is 0.301. The maximum atomic E-state index is 8.57. The van der Waals surface area contributed by atoms with E-state index in [4.69, 9.17) is 10.9 Å². The van der Waals surface area contributed by atoms with Crippen molar-refractivity contribution in [2.24, 2.45) is 10.9 Å². The number of nitrogens with two attached hydrogens (primary N) is 1. The molecule has 1 saturated carbocycles. The van der Waals surface area contributed by atoms with Gasteiger partial charge in [-0.3, -0.25) is 4.90 Å². The molecule has 0 spiro atoms. The summed E-state index contributed by atoms with van der Waals surface area (Å²) in [7, 11) is 0. The summed E-state index contributed by atoms with van der Waals surface area (Å²) >= 11 is 3.49. The average Bonchev–Trinajstić information content (AvgIpc) is 3.18. The number of halogens is 1. The minimum Gasteiger partial charge on any atom is -0.409 e. The Morgan fingerprint density at radius 3 is 2.89 bits per heavy atom. The van der Waals surface area contributed by atoms with Gasteiger partial charge in [0.1, 0.15) is 5.84 Å². The first kappa shape index (κ1) is 13.4. The Labute approximate surface area is 116 Å². The quantitative estimate of drug-likeness (QED) is 0.367. The van der Waals surface area contributed by atoms with Crippen LogP contribution in [0.4, 0.5) is 0 Å². The standard InChI is InChI=1S/C13H18BrN3O/c14-11-3-1-2-10(8-11)9-17(12-4-5-12)7-6-13(15)16-18/h1-3,8,12,18H,4-7,9H2,(H2,15,16). The molecular formula is C13H18BrN3O. The molecule has 0 heterocycles.